The maximum Gasteiger partial charge on any atom is 0.160 e. The van der Waals surface area contributed by atoms with Crippen molar-refractivity contribution in [2.24, 2.45) is 5.10 Å². The van der Waals surface area contributed by atoms with Crippen molar-refractivity contribution < 1.29 is 0 Å². The molecule has 156 valence electrons. The van der Waals surface area contributed by atoms with Crippen LogP contribution in [-0.2, 0) is 0 Å². The lowest BCUT2D eigenvalue weighted by atomic mass is 10.2. The van der Waals surface area contributed by atoms with Gasteiger partial charge in [0, 0.05) is 43.9 Å². The first-order chi connectivity index (χ1) is 15.3. The molecule has 1 aliphatic heterocycles. The molecule has 1 fully saturated rings. The first kappa shape index (κ1) is 19.3. The highest BCUT2D eigenvalue weighted by atomic mass is 15.4. The Bertz CT molecular complexity index is 1210. The highest BCUT2D eigenvalue weighted by Gasteiger charge is 2.17. The lowest BCUT2D eigenvalue weighted by molar-refractivity contribution is 0.580. The molecular weight excluding hydrogens is 386 g/mol. The first-order valence-corrected chi connectivity index (χ1v) is 10.5. The molecule has 7 nitrogen and oxygen atoms in total. The zero-order valence-corrected chi connectivity index (χ0v) is 17.5. The summed E-state index contributed by atoms with van der Waals surface area (Å²) < 4.78 is 1.93. The van der Waals surface area contributed by atoms with E-state index in [1.54, 1.807) is 0 Å². The fourth-order valence-electron chi connectivity index (χ4n) is 3.81. The first-order valence-electron chi connectivity index (χ1n) is 10.5. The molecule has 0 unspecified atom stereocenters. The van der Waals surface area contributed by atoms with Crippen molar-refractivity contribution in [2.75, 3.05) is 36.5 Å². The van der Waals surface area contributed by atoms with Crippen molar-refractivity contribution in [1.82, 2.24) is 19.9 Å². The molecular formula is C24H25N7. The van der Waals surface area contributed by atoms with Gasteiger partial charge in [-0.05, 0) is 12.5 Å². The number of fused-ring (bicyclic) bond motifs is 1. The number of rotatable bonds is 5. The molecule has 1 saturated heterocycles. The monoisotopic (exact) mass is 411 g/mol. The van der Waals surface area contributed by atoms with Crippen LogP contribution < -0.4 is 15.6 Å². The average molecular weight is 412 g/mol. The van der Waals surface area contributed by atoms with Gasteiger partial charge in [0.05, 0.1) is 11.9 Å². The van der Waals surface area contributed by atoms with Crippen molar-refractivity contribution in [3.8, 4) is 11.3 Å². The Balaban J connectivity index is 1.50. The Kier molecular flexibility index (Phi) is 5.33. The van der Waals surface area contributed by atoms with Gasteiger partial charge in [-0.25, -0.2) is 4.98 Å². The molecule has 0 aliphatic carbocycles. The van der Waals surface area contributed by atoms with Gasteiger partial charge in [0.2, 0.25) is 0 Å². The molecule has 5 rings (SSSR count). The van der Waals surface area contributed by atoms with Gasteiger partial charge in [-0.3, -0.25) is 5.43 Å². The van der Waals surface area contributed by atoms with Gasteiger partial charge in [0.1, 0.15) is 5.82 Å². The summed E-state index contributed by atoms with van der Waals surface area (Å²) in [5.74, 6) is 1.71. The average Bonchev–Trinajstić information content (AvgIpc) is 3.24. The number of hydrogen-bond acceptors (Lipinski definition) is 6. The molecule has 0 atom stereocenters. The SMILES string of the molecule is Cc1cccc(/C=N/Nc2cc(N3CCNCC3)n3nc(-c4ccccc4)cc3n2)c1. The summed E-state index contributed by atoms with van der Waals surface area (Å²) in [6.07, 6.45) is 1.81. The van der Waals surface area contributed by atoms with E-state index in [9.17, 15) is 0 Å². The van der Waals surface area contributed by atoms with Gasteiger partial charge in [0.15, 0.2) is 11.5 Å². The maximum absolute atomic E-state index is 4.86. The number of nitrogens with zero attached hydrogens (tertiary/aromatic N) is 5. The number of piperazine rings is 1. The van der Waals surface area contributed by atoms with Crippen molar-refractivity contribution in [3.63, 3.8) is 0 Å². The van der Waals surface area contributed by atoms with E-state index in [0.717, 1.165) is 54.5 Å². The topological polar surface area (TPSA) is 69.9 Å². The Hall–Kier alpha value is -3.71. The molecule has 2 aromatic heterocycles. The number of aromatic nitrogens is 3. The van der Waals surface area contributed by atoms with E-state index >= 15 is 0 Å². The highest BCUT2D eigenvalue weighted by Crippen LogP contribution is 2.25. The van der Waals surface area contributed by atoms with Gasteiger partial charge in [-0.15, -0.1) is 0 Å². The molecule has 4 aromatic rings. The fraction of sp³-hybridized carbons (Fsp3) is 0.208. The quantitative estimate of drug-likeness (QED) is 0.388. The zero-order valence-electron chi connectivity index (χ0n) is 17.5. The third kappa shape index (κ3) is 4.27. The molecule has 0 amide bonds. The number of aryl methyl sites for hydroxylation is 1. The molecule has 2 N–H and O–H groups in total. The Morgan fingerprint density at radius 2 is 1.84 bits per heavy atom. The largest absolute Gasteiger partial charge is 0.354 e. The number of nitrogens with one attached hydrogen (secondary N) is 2. The maximum atomic E-state index is 4.86. The second-order valence-corrected chi connectivity index (χ2v) is 7.69. The highest BCUT2D eigenvalue weighted by molar-refractivity contribution is 5.80. The fourth-order valence-corrected chi connectivity index (χ4v) is 3.81. The second kappa shape index (κ2) is 8.57. The molecule has 0 spiro atoms. The van der Waals surface area contributed by atoms with Crippen molar-refractivity contribution in [2.45, 2.75) is 6.92 Å². The third-order valence-electron chi connectivity index (χ3n) is 5.35. The molecule has 0 bridgehead atoms. The Morgan fingerprint density at radius 3 is 2.65 bits per heavy atom. The van der Waals surface area contributed by atoms with Crippen molar-refractivity contribution in [3.05, 3.63) is 77.9 Å². The van der Waals surface area contributed by atoms with Gasteiger partial charge in [-0.1, -0.05) is 60.2 Å². The summed E-state index contributed by atoms with van der Waals surface area (Å²) in [5.41, 5.74) is 8.14. The predicted octanol–water partition coefficient (Wildman–Crippen LogP) is 3.56. The summed E-state index contributed by atoms with van der Waals surface area (Å²) in [6, 6.07) is 22.5. The normalized spacial score (nSPS) is 14.4. The molecule has 31 heavy (non-hydrogen) atoms. The van der Waals surface area contributed by atoms with Crippen molar-refractivity contribution >= 4 is 23.5 Å². The summed E-state index contributed by atoms with van der Waals surface area (Å²) in [7, 11) is 0. The van der Waals surface area contributed by atoms with Crippen LogP contribution in [0.15, 0.2) is 71.8 Å². The van der Waals surface area contributed by atoms with Crippen molar-refractivity contribution in [1.29, 1.82) is 0 Å². The number of hydrogen-bond donors (Lipinski definition) is 2. The molecule has 0 radical (unpaired) electrons. The van der Waals surface area contributed by atoms with E-state index in [-0.39, 0.29) is 0 Å². The van der Waals surface area contributed by atoms with E-state index < -0.39 is 0 Å². The van der Waals surface area contributed by atoms with Crippen LogP contribution in [0.1, 0.15) is 11.1 Å². The summed E-state index contributed by atoms with van der Waals surface area (Å²) in [6.45, 7) is 5.82. The number of benzene rings is 2. The van der Waals surface area contributed by atoms with Crippen LogP contribution in [0.2, 0.25) is 0 Å². The van der Waals surface area contributed by atoms with Gasteiger partial charge in [-0.2, -0.15) is 14.7 Å². The van der Waals surface area contributed by atoms with E-state index in [1.807, 2.05) is 53.2 Å². The summed E-state index contributed by atoms with van der Waals surface area (Å²) in [4.78, 5) is 7.09. The van der Waals surface area contributed by atoms with Gasteiger partial charge in [0.25, 0.3) is 0 Å². The predicted molar refractivity (Wildman–Crippen MR) is 126 cm³/mol. The summed E-state index contributed by atoms with van der Waals surface area (Å²) >= 11 is 0. The molecule has 2 aromatic carbocycles. The second-order valence-electron chi connectivity index (χ2n) is 7.69. The van der Waals surface area contributed by atoms with E-state index in [2.05, 4.69) is 51.9 Å². The van der Waals surface area contributed by atoms with E-state index in [0.29, 0.717) is 5.82 Å². The standard InChI is InChI=1S/C24H25N7/c1-18-6-5-7-19(14-18)17-26-28-22-16-24(30-12-10-25-11-13-30)31-23(27-22)15-21(29-31)20-8-3-2-4-9-20/h2-9,14-17,25H,10-13H2,1H3,(H,27,28)/b26-17+. The van der Waals surface area contributed by atoms with E-state index in [1.165, 1.54) is 5.56 Å². The minimum absolute atomic E-state index is 0.699. The molecule has 0 saturated carbocycles. The van der Waals surface area contributed by atoms with Crippen LogP contribution in [0.4, 0.5) is 11.6 Å². The molecule has 7 heteroatoms. The third-order valence-corrected chi connectivity index (χ3v) is 5.35. The van der Waals surface area contributed by atoms with Gasteiger partial charge < -0.3 is 10.2 Å². The number of hydrazone groups is 1. The minimum Gasteiger partial charge on any atom is -0.354 e. The minimum atomic E-state index is 0.699. The molecule has 3 heterocycles. The lowest BCUT2D eigenvalue weighted by Crippen LogP contribution is -2.44. The van der Waals surface area contributed by atoms with Crippen LogP contribution in [0, 0.1) is 6.92 Å². The van der Waals surface area contributed by atoms with Crippen LogP contribution in [0.25, 0.3) is 16.9 Å². The van der Waals surface area contributed by atoms with Crippen LogP contribution in [-0.4, -0.2) is 47.0 Å². The Morgan fingerprint density at radius 1 is 1.00 bits per heavy atom. The lowest BCUT2D eigenvalue weighted by Gasteiger charge is -2.29. The van der Waals surface area contributed by atoms with E-state index in [4.69, 9.17) is 10.1 Å². The van der Waals surface area contributed by atoms with Crippen LogP contribution >= 0.6 is 0 Å². The van der Waals surface area contributed by atoms with Gasteiger partial charge >= 0.3 is 0 Å². The molecule has 1 aliphatic rings. The summed E-state index contributed by atoms with van der Waals surface area (Å²) in [5, 5.41) is 12.7. The number of anilines is 2. The smallest absolute Gasteiger partial charge is 0.160 e. The van der Waals surface area contributed by atoms with Crippen LogP contribution in [0.3, 0.4) is 0 Å². The Labute approximate surface area is 181 Å². The van der Waals surface area contributed by atoms with Crippen LogP contribution in [0.5, 0.6) is 0 Å². The zero-order chi connectivity index (χ0) is 21.0.